The fourth-order valence-corrected chi connectivity index (χ4v) is 5.11. The maximum absolute atomic E-state index is 13.4. The van der Waals surface area contributed by atoms with Gasteiger partial charge in [-0.15, -0.1) is 0 Å². The normalized spacial score (nSPS) is 12.6. The Bertz CT molecular complexity index is 1920. The highest BCUT2D eigenvalue weighted by Crippen LogP contribution is 2.32. The van der Waals surface area contributed by atoms with Gasteiger partial charge in [-0.05, 0) is 62.2 Å². The minimum Gasteiger partial charge on any atom is -0.350 e. The van der Waals surface area contributed by atoms with Crippen LogP contribution < -0.4 is 16.1 Å². The van der Waals surface area contributed by atoms with E-state index < -0.39 is 34.4 Å². The lowest BCUT2D eigenvalue weighted by atomic mass is 10.1. The van der Waals surface area contributed by atoms with Crippen LogP contribution in [-0.4, -0.2) is 66.6 Å². The Morgan fingerprint density at radius 1 is 1.08 bits per heavy atom. The van der Waals surface area contributed by atoms with Crippen LogP contribution in [0.2, 0.25) is 15.2 Å². The van der Waals surface area contributed by atoms with E-state index >= 15 is 0 Å². The largest absolute Gasteiger partial charge is 0.435 e. The van der Waals surface area contributed by atoms with Crippen LogP contribution in [0.5, 0.6) is 0 Å². The lowest BCUT2D eigenvalue weighted by Crippen LogP contribution is -2.40. The molecule has 264 valence electrons. The van der Waals surface area contributed by atoms with Crippen molar-refractivity contribution in [2.45, 2.75) is 39.5 Å². The Hall–Kier alpha value is -5.00. The summed E-state index contributed by atoms with van der Waals surface area (Å²) >= 11 is 17.8. The van der Waals surface area contributed by atoms with Gasteiger partial charge in [-0.3, -0.25) is 9.59 Å². The van der Waals surface area contributed by atoms with Gasteiger partial charge in [-0.1, -0.05) is 46.3 Å². The van der Waals surface area contributed by atoms with E-state index in [1.165, 1.54) is 30.5 Å². The molecule has 1 aliphatic rings. The van der Waals surface area contributed by atoms with Gasteiger partial charge in [0.05, 0.1) is 22.8 Å². The van der Waals surface area contributed by atoms with Crippen LogP contribution in [0.15, 0.2) is 59.9 Å². The highest BCUT2D eigenvalue weighted by Gasteiger charge is 2.37. The van der Waals surface area contributed by atoms with Crippen LogP contribution in [0.3, 0.4) is 0 Å². The van der Waals surface area contributed by atoms with Crippen LogP contribution >= 0.6 is 34.8 Å². The fourth-order valence-electron chi connectivity index (χ4n) is 4.53. The number of hydrogen-bond acceptors (Lipinski definition) is 9. The quantitative estimate of drug-likeness (QED) is 0.111. The number of nitrogens with zero attached hydrogens (tertiary/aromatic N) is 7. The van der Waals surface area contributed by atoms with Gasteiger partial charge in [-0.25, -0.2) is 29.8 Å². The molecule has 4 aromatic rings. The van der Waals surface area contributed by atoms with E-state index in [0.29, 0.717) is 41.1 Å². The molecular formula is C30H28Cl3F3N10O4. The van der Waals surface area contributed by atoms with Crippen molar-refractivity contribution >= 4 is 58.3 Å². The number of aliphatic imine (C=N–C) groups is 1. The Labute approximate surface area is 297 Å². The van der Waals surface area contributed by atoms with Crippen molar-refractivity contribution in [3.63, 3.8) is 0 Å². The first-order valence-electron chi connectivity index (χ1n) is 14.5. The number of guanidine groups is 1. The summed E-state index contributed by atoms with van der Waals surface area (Å²) in [5, 5.41) is 19.1. The number of benzene rings is 1. The highest BCUT2D eigenvalue weighted by molar-refractivity contribution is 6.32. The monoisotopic (exact) mass is 754 g/mol. The number of hydrazine groups is 1. The molecule has 0 unspecified atom stereocenters. The lowest BCUT2D eigenvalue weighted by Gasteiger charge is -2.17. The zero-order chi connectivity index (χ0) is 36.7. The van der Waals surface area contributed by atoms with E-state index in [2.05, 4.69) is 36.1 Å². The van der Waals surface area contributed by atoms with Gasteiger partial charge in [0.2, 0.25) is 0 Å². The molecule has 0 spiro atoms. The van der Waals surface area contributed by atoms with Gasteiger partial charge in [0.25, 0.3) is 17.8 Å². The minimum atomic E-state index is -4.82. The molecule has 3 aromatic heterocycles. The van der Waals surface area contributed by atoms with E-state index in [-0.39, 0.29) is 39.1 Å². The molecule has 1 aromatic carbocycles. The molecule has 0 saturated carbocycles. The van der Waals surface area contributed by atoms with E-state index in [0.717, 1.165) is 5.56 Å². The molecule has 14 nitrogen and oxygen atoms in total. The van der Waals surface area contributed by atoms with E-state index in [1.54, 1.807) is 37.9 Å². The van der Waals surface area contributed by atoms with Crippen molar-refractivity contribution in [2.24, 2.45) is 4.99 Å². The number of aromatic nitrogens is 4. The maximum Gasteiger partial charge on any atom is 0.435 e. The van der Waals surface area contributed by atoms with Crippen molar-refractivity contribution in [1.82, 2.24) is 35.4 Å². The number of alkyl halides is 3. The molecule has 20 heteroatoms. The van der Waals surface area contributed by atoms with Crippen molar-refractivity contribution in [2.75, 3.05) is 18.4 Å². The third-order valence-electron chi connectivity index (χ3n) is 6.66. The molecule has 0 bridgehead atoms. The summed E-state index contributed by atoms with van der Waals surface area (Å²) in [7, 11) is 0. The van der Waals surface area contributed by atoms with Gasteiger partial charge < -0.3 is 15.5 Å². The number of anilines is 1. The molecule has 0 fully saturated rings. The molecule has 0 atom stereocenters. The molecular weight excluding hydrogens is 728 g/mol. The van der Waals surface area contributed by atoms with Crippen LogP contribution in [0.4, 0.5) is 18.9 Å². The van der Waals surface area contributed by atoms with Gasteiger partial charge >= 0.3 is 6.18 Å². The second-order valence-electron chi connectivity index (χ2n) is 10.8. The summed E-state index contributed by atoms with van der Waals surface area (Å²) in [6.45, 7) is 6.82. The molecule has 4 heterocycles. The van der Waals surface area contributed by atoms with Crippen molar-refractivity contribution in [3.05, 3.63) is 108 Å². The van der Waals surface area contributed by atoms with Gasteiger partial charge in [0.1, 0.15) is 10.8 Å². The van der Waals surface area contributed by atoms with E-state index in [1.807, 2.05) is 6.07 Å². The predicted molar refractivity (Wildman–Crippen MR) is 180 cm³/mol. The first kappa shape index (κ1) is 37.8. The molecule has 50 heavy (non-hydrogen) atoms. The van der Waals surface area contributed by atoms with E-state index in [9.17, 15) is 32.9 Å². The minimum absolute atomic E-state index is 0.0111. The number of amides is 2. The molecule has 1 aliphatic heterocycles. The second-order valence-corrected chi connectivity index (χ2v) is 12.1. The Kier molecular flexibility index (Phi) is 12.2. The Morgan fingerprint density at radius 3 is 2.44 bits per heavy atom. The predicted octanol–water partition coefficient (Wildman–Crippen LogP) is 5.98. The molecule has 0 radical (unpaired) electrons. The SMILES string of the molecule is Cc1cc(Cl)cc(C(=O)NC(C)C)c1NC(=O)c1cc(C(F)(F)F)nn1-c1ncccc1Cl.O=[N+]([O-])NC1=NCCN1Cc1ccc(Cl)nc1. The van der Waals surface area contributed by atoms with E-state index in [4.69, 9.17) is 34.8 Å². The molecule has 2 amide bonds. The fraction of sp³-hybridized carbons (Fsp3) is 0.267. The average Bonchev–Trinajstić information content (AvgIpc) is 3.67. The molecule has 5 rings (SSSR count). The zero-order valence-corrected chi connectivity index (χ0v) is 28.7. The lowest BCUT2D eigenvalue weighted by molar-refractivity contribution is -0.526. The van der Waals surface area contributed by atoms with Crippen molar-refractivity contribution in [3.8, 4) is 5.82 Å². The first-order chi connectivity index (χ1) is 23.5. The molecule has 0 aliphatic carbocycles. The number of nitro groups is 1. The third-order valence-corrected chi connectivity index (χ3v) is 7.40. The summed E-state index contributed by atoms with van der Waals surface area (Å²) in [5.41, 5.74) is 1.80. The summed E-state index contributed by atoms with van der Waals surface area (Å²) in [5.74, 6) is -1.35. The number of carbonyl (C=O) groups excluding carboxylic acids is 2. The van der Waals surface area contributed by atoms with Crippen LogP contribution in [0.25, 0.3) is 5.82 Å². The molecule has 0 saturated heterocycles. The molecule has 3 N–H and O–H groups in total. The number of aryl methyl sites for hydroxylation is 1. The highest BCUT2D eigenvalue weighted by atomic mass is 35.5. The standard InChI is InChI=1S/C21H18Cl2F3N5O2.C9H10ClN5O2/c1-10(2)28-19(32)13-8-12(22)7-11(3)17(13)29-20(33)15-9-16(21(24,25)26)30-31(15)18-14(23)5-4-6-27-18;10-8-2-1-7(5-12-8)6-14-4-3-11-9(14)13-15(16)17/h4-10H,1-3H3,(H,28,32)(H,29,33);1-2,5H,3-4,6H2,(H,11,13). The second kappa shape index (κ2) is 16.1. The number of halogens is 6. The maximum atomic E-state index is 13.4. The zero-order valence-electron chi connectivity index (χ0n) is 26.4. The van der Waals surface area contributed by atoms with Gasteiger partial charge in [0, 0.05) is 42.6 Å². The van der Waals surface area contributed by atoms with Crippen LogP contribution in [0, 0.1) is 17.0 Å². The summed E-state index contributed by atoms with van der Waals surface area (Å²) in [4.78, 5) is 49.8. The van der Waals surface area contributed by atoms with Gasteiger partial charge in [-0.2, -0.15) is 18.3 Å². The number of pyridine rings is 2. The van der Waals surface area contributed by atoms with Crippen molar-refractivity contribution in [1.29, 1.82) is 0 Å². The number of rotatable bonds is 8. The summed E-state index contributed by atoms with van der Waals surface area (Å²) < 4.78 is 40.8. The number of hydrogen-bond donors (Lipinski definition) is 3. The smallest absolute Gasteiger partial charge is 0.350 e. The van der Waals surface area contributed by atoms with Crippen LogP contribution in [-0.2, 0) is 12.7 Å². The topological polar surface area (TPSA) is 173 Å². The van der Waals surface area contributed by atoms with Crippen LogP contribution in [0.1, 0.15) is 51.5 Å². The average molecular weight is 756 g/mol. The Balaban J connectivity index is 0.000000276. The summed E-state index contributed by atoms with van der Waals surface area (Å²) in [6.07, 6.45) is -1.87. The Morgan fingerprint density at radius 2 is 1.82 bits per heavy atom. The first-order valence-corrected chi connectivity index (χ1v) is 15.7. The number of nitrogens with one attached hydrogen (secondary N) is 3. The number of carbonyl (C=O) groups is 2. The van der Waals surface area contributed by atoms with Gasteiger partial charge in [0.15, 0.2) is 16.5 Å². The third kappa shape index (κ3) is 9.79. The van der Waals surface area contributed by atoms with Crippen molar-refractivity contribution < 1.29 is 27.8 Å². The summed E-state index contributed by atoms with van der Waals surface area (Å²) in [6, 6.07) is 9.64.